The fraction of sp³-hybridized carbons (Fsp3) is 0.304. The van der Waals surface area contributed by atoms with Crippen molar-refractivity contribution in [3.8, 4) is 22.6 Å². The van der Waals surface area contributed by atoms with Crippen LogP contribution in [-0.4, -0.2) is 18.0 Å². The average Bonchev–Trinajstić information content (AvgIpc) is 3.09. The lowest BCUT2D eigenvalue weighted by Crippen LogP contribution is -2.12. The molecule has 1 aliphatic rings. The molecule has 144 valence electrons. The van der Waals surface area contributed by atoms with Gasteiger partial charge in [-0.25, -0.2) is 0 Å². The van der Waals surface area contributed by atoms with Gasteiger partial charge in [0.05, 0.1) is 18.1 Å². The van der Waals surface area contributed by atoms with E-state index in [0.717, 1.165) is 18.4 Å². The van der Waals surface area contributed by atoms with Gasteiger partial charge in [0.2, 0.25) is 5.43 Å². The van der Waals surface area contributed by atoms with Crippen molar-refractivity contribution in [3.63, 3.8) is 0 Å². The molecule has 5 heteroatoms. The zero-order valence-corrected chi connectivity index (χ0v) is 16.0. The number of carbonyl (C=O) groups is 1. The van der Waals surface area contributed by atoms with Gasteiger partial charge >= 0.3 is 0 Å². The number of aromatic hydroxyl groups is 1. The van der Waals surface area contributed by atoms with Crippen molar-refractivity contribution in [2.75, 3.05) is 7.11 Å². The summed E-state index contributed by atoms with van der Waals surface area (Å²) in [5.41, 5.74) is 2.00. The molecule has 0 radical (unpaired) electrons. The Bertz CT molecular complexity index is 1110. The predicted octanol–water partition coefficient (Wildman–Crippen LogP) is 4.39. The maximum Gasteiger partial charge on any atom is 0.200 e. The minimum Gasteiger partial charge on any atom is -0.508 e. The number of phenols is 1. The van der Waals surface area contributed by atoms with Gasteiger partial charge in [-0.3, -0.25) is 9.59 Å². The van der Waals surface area contributed by atoms with Gasteiger partial charge in [-0.05, 0) is 56.0 Å². The van der Waals surface area contributed by atoms with Gasteiger partial charge < -0.3 is 14.3 Å². The maximum atomic E-state index is 13.2. The smallest absolute Gasteiger partial charge is 0.200 e. The van der Waals surface area contributed by atoms with Crippen LogP contribution in [0.15, 0.2) is 45.6 Å². The quantitative estimate of drug-likeness (QED) is 0.728. The van der Waals surface area contributed by atoms with Gasteiger partial charge in [-0.2, -0.15) is 0 Å². The molecule has 1 fully saturated rings. The molecule has 5 nitrogen and oxygen atoms in total. The lowest BCUT2D eigenvalue weighted by atomic mass is 9.94. The van der Waals surface area contributed by atoms with Crippen molar-refractivity contribution in [2.45, 2.75) is 32.6 Å². The second-order valence-corrected chi connectivity index (χ2v) is 7.29. The first-order chi connectivity index (χ1) is 13.5. The Labute approximate surface area is 162 Å². The molecular formula is C23H22O5. The number of fused-ring (bicyclic) bond motifs is 1. The Hall–Kier alpha value is -3.08. The Morgan fingerprint density at radius 3 is 2.54 bits per heavy atom. The number of aryl methyl sites for hydroxylation is 1. The topological polar surface area (TPSA) is 76.7 Å². The highest BCUT2D eigenvalue weighted by Gasteiger charge is 2.27. The van der Waals surface area contributed by atoms with Crippen LogP contribution in [0.2, 0.25) is 0 Å². The monoisotopic (exact) mass is 378 g/mol. The van der Waals surface area contributed by atoms with Crippen molar-refractivity contribution in [3.05, 3.63) is 57.9 Å². The Morgan fingerprint density at radius 2 is 1.89 bits per heavy atom. The first kappa shape index (κ1) is 18.3. The summed E-state index contributed by atoms with van der Waals surface area (Å²) < 4.78 is 11.2. The molecule has 0 aliphatic heterocycles. The highest BCUT2D eigenvalue weighted by Crippen LogP contribution is 2.34. The van der Waals surface area contributed by atoms with Crippen LogP contribution in [0, 0.1) is 12.8 Å². The molecule has 1 heterocycles. The van der Waals surface area contributed by atoms with E-state index in [2.05, 4.69) is 0 Å². The molecular weight excluding hydrogens is 356 g/mol. The first-order valence-corrected chi connectivity index (χ1v) is 9.45. The molecule has 0 saturated heterocycles. The van der Waals surface area contributed by atoms with Crippen molar-refractivity contribution in [1.82, 2.24) is 0 Å². The molecule has 0 amide bonds. The van der Waals surface area contributed by atoms with Gasteiger partial charge in [0.1, 0.15) is 28.6 Å². The molecule has 2 aromatic carbocycles. The van der Waals surface area contributed by atoms with Gasteiger partial charge in [0.15, 0.2) is 0 Å². The molecule has 1 saturated carbocycles. The first-order valence-electron chi connectivity index (χ1n) is 9.45. The van der Waals surface area contributed by atoms with Crippen LogP contribution in [0.1, 0.15) is 30.6 Å². The fourth-order valence-electron chi connectivity index (χ4n) is 4.05. The maximum absolute atomic E-state index is 13.2. The third-order valence-corrected chi connectivity index (χ3v) is 5.57. The normalized spacial score (nSPS) is 16.6. The molecule has 1 unspecified atom stereocenters. The molecule has 4 rings (SSSR count). The number of ether oxygens (including phenoxy) is 1. The van der Waals surface area contributed by atoms with E-state index >= 15 is 0 Å². The zero-order chi connectivity index (χ0) is 19.8. The Morgan fingerprint density at radius 1 is 1.14 bits per heavy atom. The molecule has 3 aromatic rings. The van der Waals surface area contributed by atoms with E-state index in [1.165, 1.54) is 6.07 Å². The number of benzene rings is 2. The third kappa shape index (κ3) is 3.07. The zero-order valence-electron chi connectivity index (χ0n) is 16.0. The number of ketones is 1. The molecule has 1 aromatic heterocycles. The fourth-order valence-corrected chi connectivity index (χ4v) is 4.05. The number of Topliss-reactive ketones (excluding diaryl/α,β-unsaturated/α-hetero) is 1. The Balaban J connectivity index is 1.86. The van der Waals surface area contributed by atoms with Crippen LogP contribution in [0.5, 0.6) is 11.5 Å². The molecule has 1 aliphatic carbocycles. The van der Waals surface area contributed by atoms with Crippen LogP contribution < -0.4 is 10.2 Å². The van der Waals surface area contributed by atoms with Crippen LogP contribution in [0.3, 0.4) is 0 Å². The molecule has 1 N–H and O–H groups in total. The van der Waals surface area contributed by atoms with Gasteiger partial charge in [-0.15, -0.1) is 0 Å². The third-order valence-electron chi connectivity index (χ3n) is 5.57. The number of hydrogen-bond acceptors (Lipinski definition) is 5. The summed E-state index contributed by atoms with van der Waals surface area (Å²) in [5, 5.41) is 10.8. The van der Waals surface area contributed by atoms with E-state index in [1.54, 1.807) is 32.2 Å². The van der Waals surface area contributed by atoms with E-state index in [0.29, 0.717) is 46.4 Å². The standard InChI is InChI=1S/C23H22O5/c1-13-21(14-6-8-16(27-2)9-7-14)22(26)17-10-11-20(25)18(23(17)28-13)12-15-4-3-5-19(15)24/h6-11,15,25H,3-5,12H2,1-2H3. The summed E-state index contributed by atoms with van der Waals surface area (Å²) in [7, 11) is 1.59. The SMILES string of the molecule is COc1ccc(-c2c(C)oc3c(CC4CCCC4=O)c(O)ccc3c2=O)cc1. The van der Waals surface area contributed by atoms with Crippen molar-refractivity contribution in [2.24, 2.45) is 5.92 Å². The summed E-state index contributed by atoms with van der Waals surface area (Å²) in [6, 6.07) is 10.3. The van der Waals surface area contributed by atoms with E-state index in [1.807, 2.05) is 12.1 Å². The van der Waals surface area contributed by atoms with Crippen LogP contribution in [-0.2, 0) is 11.2 Å². The van der Waals surface area contributed by atoms with Crippen molar-refractivity contribution < 1.29 is 19.1 Å². The molecule has 0 bridgehead atoms. The number of hydrogen-bond donors (Lipinski definition) is 1. The lowest BCUT2D eigenvalue weighted by Gasteiger charge is -2.14. The molecule has 0 spiro atoms. The van der Waals surface area contributed by atoms with Gasteiger partial charge in [0, 0.05) is 17.9 Å². The van der Waals surface area contributed by atoms with Crippen LogP contribution in [0.25, 0.3) is 22.1 Å². The van der Waals surface area contributed by atoms with Crippen molar-refractivity contribution >= 4 is 16.8 Å². The number of phenolic OH excluding ortho intramolecular Hbond substituents is 1. The molecule has 1 atom stereocenters. The van der Waals surface area contributed by atoms with E-state index in [4.69, 9.17) is 9.15 Å². The van der Waals surface area contributed by atoms with E-state index in [-0.39, 0.29) is 22.9 Å². The van der Waals surface area contributed by atoms with E-state index in [9.17, 15) is 14.7 Å². The summed E-state index contributed by atoms with van der Waals surface area (Å²) in [6.07, 6.45) is 2.66. The summed E-state index contributed by atoms with van der Waals surface area (Å²) in [5.74, 6) is 1.34. The molecule has 28 heavy (non-hydrogen) atoms. The second kappa shape index (κ2) is 7.15. The average molecular weight is 378 g/mol. The van der Waals surface area contributed by atoms with Gasteiger partial charge in [0.25, 0.3) is 0 Å². The second-order valence-electron chi connectivity index (χ2n) is 7.29. The largest absolute Gasteiger partial charge is 0.508 e. The van der Waals surface area contributed by atoms with Crippen LogP contribution >= 0.6 is 0 Å². The number of methoxy groups -OCH3 is 1. The van der Waals surface area contributed by atoms with Crippen molar-refractivity contribution in [1.29, 1.82) is 0 Å². The highest BCUT2D eigenvalue weighted by atomic mass is 16.5. The number of rotatable bonds is 4. The Kier molecular flexibility index (Phi) is 4.67. The van der Waals surface area contributed by atoms with E-state index < -0.39 is 0 Å². The highest BCUT2D eigenvalue weighted by molar-refractivity contribution is 5.88. The summed E-state index contributed by atoms with van der Waals surface area (Å²) in [6.45, 7) is 1.74. The minimum atomic E-state index is -0.150. The summed E-state index contributed by atoms with van der Waals surface area (Å²) in [4.78, 5) is 25.3. The number of carbonyl (C=O) groups excluding carboxylic acids is 1. The minimum absolute atomic E-state index is 0.0620. The predicted molar refractivity (Wildman–Crippen MR) is 107 cm³/mol. The lowest BCUT2D eigenvalue weighted by molar-refractivity contribution is -0.120. The summed E-state index contributed by atoms with van der Waals surface area (Å²) >= 11 is 0. The van der Waals surface area contributed by atoms with Crippen LogP contribution in [0.4, 0.5) is 0 Å². The van der Waals surface area contributed by atoms with Gasteiger partial charge in [-0.1, -0.05) is 12.1 Å².